The number of aromatic nitrogens is 1. The Bertz CT molecular complexity index is 881. The van der Waals surface area contributed by atoms with Crippen molar-refractivity contribution < 1.29 is 9.59 Å². The molecule has 0 radical (unpaired) electrons. The highest BCUT2D eigenvalue weighted by atomic mass is 16.2. The Hall–Kier alpha value is -2.69. The van der Waals surface area contributed by atoms with Crippen molar-refractivity contribution in [3.63, 3.8) is 0 Å². The van der Waals surface area contributed by atoms with Crippen LogP contribution in [0.5, 0.6) is 0 Å². The van der Waals surface area contributed by atoms with Crippen LogP contribution in [-0.2, 0) is 11.2 Å². The third-order valence-corrected chi connectivity index (χ3v) is 6.43. The first-order valence-electron chi connectivity index (χ1n) is 10.5. The average Bonchev–Trinajstić information content (AvgIpc) is 3.41. The summed E-state index contributed by atoms with van der Waals surface area (Å²) in [5, 5.41) is 3.08. The molecular weight excluding hydrogens is 362 g/mol. The van der Waals surface area contributed by atoms with Crippen LogP contribution in [0.3, 0.4) is 0 Å². The number of rotatable bonds is 5. The van der Waals surface area contributed by atoms with Gasteiger partial charge in [0.15, 0.2) is 0 Å². The molecule has 1 saturated heterocycles. The van der Waals surface area contributed by atoms with Gasteiger partial charge in [-0.2, -0.15) is 0 Å². The molecule has 4 rings (SSSR count). The predicted octanol–water partition coefficient (Wildman–Crippen LogP) is 3.30. The molecule has 1 saturated carbocycles. The lowest BCUT2D eigenvalue weighted by atomic mass is 9.90. The number of piperidine rings is 1. The Labute approximate surface area is 172 Å². The van der Waals surface area contributed by atoms with Crippen LogP contribution in [0.4, 0.5) is 0 Å². The summed E-state index contributed by atoms with van der Waals surface area (Å²) in [5.41, 5.74) is 4.11. The third kappa shape index (κ3) is 4.34. The summed E-state index contributed by atoms with van der Waals surface area (Å²) in [7, 11) is 0. The fourth-order valence-corrected chi connectivity index (χ4v) is 4.69. The second kappa shape index (κ2) is 7.97. The van der Waals surface area contributed by atoms with Gasteiger partial charge in [-0.3, -0.25) is 14.6 Å². The molecule has 0 bridgehead atoms. The van der Waals surface area contributed by atoms with E-state index in [1.165, 1.54) is 0 Å². The molecule has 2 heterocycles. The summed E-state index contributed by atoms with van der Waals surface area (Å²) in [5.74, 6) is 0.378. The lowest BCUT2D eigenvalue weighted by Crippen LogP contribution is -2.40. The van der Waals surface area contributed by atoms with Crippen molar-refractivity contribution in [1.82, 2.24) is 15.2 Å². The zero-order valence-corrected chi connectivity index (χ0v) is 17.3. The van der Waals surface area contributed by atoms with Gasteiger partial charge in [-0.25, -0.2) is 0 Å². The van der Waals surface area contributed by atoms with Crippen LogP contribution in [0, 0.1) is 25.2 Å². The summed E-state index contributed by atoms with van der Waals surface area (Å²) in [6.45, 7) is 6.15. The normalized spacial score (nSPS) is 19.8. The Morgan fingerprint density at radius 2 is 1.86 bits per heavy atom. The highest BCUT2D eigenvalue weighted by Gasteiger charge is 2.58. The molecule has 1 spiro atoms. The number of aryl methyl sites for hydroxylation is 2. The van der Waals surface area contributed by atoms with E-state index in [2.05, 4.69) is 16.4 Å². The summed E-state index contributed by atoms with van der Waals surface area (Å²) in [4.78, 5) is 31.7. The largest absolute Gasteiger partial charge is 0.355 e. The van der Waals surface area contributed by atoms with E-state index in [-0.39, 0.29) is 23.1 Å². The van der Waals surface area contributed by atoms with Crippen molar-refractivity contribution in [2.75, 3.05) is 19.6 Å². The van der Waals surface area contributed by atoms with Gasteiger partial charge < -0.3 is 10.2 Å². The number of nitrogens with zero attached hydrogens (tertiary/aromatic N) is 2. The highest BCUT2D eigenvalue weighted by molar-refractivity contribution is 5.94. The fourth-order valence-electron chi connectivity index (χ4n) is 4.69. The number of likely N-dealkylation sites (tertiary alicyclic amines) is 1. The van der Waals surface area contributed by atoms with Crippen molar-refractivity contribution in [2.45, 2.75) is 39.5 Å². The van der Waals surface area contributed by atoms with E-state index in [4.69, 9.17) is 0 Å². The molecule has 1 N–H and O–H groups in total. The summed E-state index contributed by atoms with van der Waals surface area (Å²) in [6.07, 6.45) is 5.32. The van der Waals surface area contributed by atoms with Gasteiger partial charge in [-0.05, 0) is 62.8 Å². The molecule has 2 aliphatic rings. The van der Waals surface area contributed by atoms with Gasteiger partial charge >= 0.3 is 0 Å². The zero-order chi connectivity index (χ0) is 20.4. The van der Waals surface area contributed by atoms with E-state index in [0.29, 0.717) is 6.54 Å². The molecule has 5 heteroatoms. The second-order valence-electron chi connectivity index (χ2n) is 8.65. The van der Waals surface area contributed by atoms with E-state index in [9.17, 15) is 9.59 Å². The Morgan fingerprint density at radius 1 is 1.14 bits per heavy atom. The maximum Gasteiger partial charge on any atom is 0.253 e. The van der Waals surface area contributed by atoms with E-state index < -0.39 is 0 Å². The van der Waals surface area contributed by atoms with Crippen LogP contribution in [0.25, 0.3) is 0 Å². The van der Waals surface area contributed by atoms with Gasteiger partial charge in [0.05, 0.1) is 0 Å². The summed E-state index contributed by atoms with van der Waals surface area (Å²) >= 11 is 0. The van der Waals surface area contributed by atoms with Gasteiger partial charge in [-0.15, -0.1) is 0 Å². The number of hydrogen-bond acceptors (Lipinski definition) is 3. The number of amides is 2. The Morgan fingerprint density at radius 3 is 2.52 bits per heavy atom. The van der Waals surface area contributed by atoms with E-state index in [1.54, 1.807) is 6.20 Å². The van der Waals surface area contributed by atoms with Gasteiger partial charge in [0.25, 0.3) is 5.91 Å². The van der Waals surface area contributed by atoms with Crippen LogP contribution in [0.1, 0.15) is 46.4 Å². The minimum Gasteiger partial charge on any atom is -0.355 e. The Kier molecular flexibility index (Phi) is 5.39. The molecule has 2 aromatic rings. The van der Waals surface area contributed by atoms with Crippen LogP contribution in [0.2, 0.25) is 0 Å². The fraction of sp³-hybridized carbons (Fsp3) is 0.458. The molecule has 2 amide bonds. The first kappa shape index (κ1) is 19.6. The topological polar surface area (TPSA) is 62.3 Å². The minimum absolute atomic E-state index is 0.102. The van der Waals surface area contributed by atoms with Gasteiger partial charge in [0, 0.05) is 49.4 Å². The van der Waals surface area contributed by atoms with Crippen LogP contribution in [-0.4, -0.2) is 41.3 Å². The third-order valence-electron chi connectivity index (χ3n) is 6.43. The van der Waals surface area contributed by atoms with Crippen molar-refractivity contribution in [3.05, 3.63) is 65.0 Å². The van der Waals surface area contributed by atoms with E-state index in [1.807, 2.05) is 49.1 Å². The van der Waals surface area contributed by atoms with Crippen LogP contribution >= 0.6 is 0 Å². The zero-order valence-electron chi connectivity index (χ0n) is 17.3. The summed E-state index contributed by atoms with van der Waals surface area (Å²) in [6, 6.07) is 11.9. The van der Waals surface area contributed by atoms with Crippen molar-refractivity contribution in [3.8, 4) is 0 Å². The van der Waals surface area contributed by atoms with Gasteiger partial charge in [0.2, 0.25) is 5.91 Å². The monoisotopic (exact) mass is 391 g/mol. The quantitative estimate of drug-likeness (QED) is 0.851. The molecule has 1 atom stereocenters. The number of carbonyl (C=O) groups is 2. The summed E-state index contributed by atoms with van der Waals surface area (Å²) < 4.78 is 0. The highest BCUT2D eigenvalue weighted by Crippen LogP contribution is 2.59. The van der Waals surface area contributed by atoms with Crippen LogP contribution in [0.15, 0.2) is 42.6 Å². The maximum atomic E-state index is 12.9. The molecule has 2 fully saturated rings. The van der Waals surface area contributed by atoms with Crippen LogP contribution < -0.4 is 5.32 Å². The van der Waals surface area contributed by atoms with Crippen molar-refractivity contribution in [1.29, 1.82) is 0 Å². The lowest BCUT2D eigenvalue weighted by Gasteiger charge is -2.33. The number of nitrogens with one attached hydrogen (secondary N) is 1. The number of carbonyl (C=O) groups excluding carboxylic acids is 2. The standard InChI is InChI=1S/C24H29N3O2/c1-17-13-18(2)15-19(14-17)23(29)27-11-7-24(8-12-27)16-21(24)22(28)26-10-6-20-5-3-4-9-25-20/h3-5,9,13-15,21H,6-8,10-12,16H2,1-2H3,(H,26,28). The molecule has 1 aromatic heterocycles. The van der Waals surface area contributed by atoms with Crippen molar-refractivity contribution in [2.24, 2.45) is 11.3 Å². The van der Waals surface area contributed by atoms with Gasteiger partial charge in [0.1, 0.15) is 0 Å². The SMILES string of the molecule is Cc1cc(C)cc(C(=O)N2CCC3(CC2)CC3C(=O)NCCc2ccccn2)c1. The smallest absolute Gasteiger partial charge is 0.253 e. The molecule has 29 heavy (non-hydrogen) atoms. The second-order valence-corrected chi connectivity index (χ2v) is 8.65. The molecule has 1 aromatic carbocycles. The van der Waals surface area contributed by atoms with Crippen molar-refractivity contribution >= 4 is 11.8 Å². The Balaban J connectivity index is 1.26. The molecule has 5 nitrogen and oxygen atoms in total. The minimum atomic E-state index is 0.102. The molecule has 1 aliphatic carbocycles. The first-order chi connectivity index (χ1) is 14.0. The van der Waals surface area contributed by atoms with Gasteiger partial charge in [-0.1, -0.05) is 23.3 Å². The average molecular weight is 392 g/mol. The number of benzene rings is 1. The number of pyridine rings is 1. The first-order valence-corrected chi connectivity index (χ1v) is 10.5. The number of hydrogen-bond donors (Lipinski definition) is 1. The van der Waals surface area contributed by atoms with E-state index >= 15 is 0 Å². The predicted molar refractivity (Wildman–Crippen MR) is 113 cm³/mol. The molecule has 1 unspecified atom stereocenters. The maximum absolute atomic E-state index is 12.9. The molecular formula is C24H29N3O2. The van der Waals surface area contributed by atoms with E-state index in [0.717, 1.165) is 61.2 Å². The lowest BCUT2D eigenvalue weighted by molar-refractivity contribution is -0.123. The molecule has 152 valence electrons. The molecule has 1 aliphatic heterocycles.